The summed E-state index contributed by atoms with van der Waals surface area (Å²) >= 11 is 0. The fraction of sp³-hybridized carbons (Fsp3) is 0.400. The monoisotopic (exact) mass is 351 g/mol. The first kappa shape index (κ1) is 17.3. The second kappa shape index (κ2) is 7.32. The number of nitrogens with zero attached hydrogens (tertiary/aromatic N) is 1. The molecule has 0 aromatic heterocycles. The molecule has 0 saturated heterocycles. The van der Waals surface area contributed by atoms with Gasteiger partial charge in [-0.15, -0.1) is 17.3 Å². The van der Waals surface area contributed by atoms with E-state index in [0.29, 0.717) is 30.0 Å². The summed E-state index contributed by atoms with van der Waals surface area (Å²) in [6.45, 7) is 4.18. The second-order valence-electron chi connectivity index (χ2n) is 4.60. The van der Waals surface area contributed by atoms with Gasteiger partial charge in [-0.25, -0.2) is 10.5 Å². The van der Waals surface area contributed by atoms with Gasteiger partial charge in [-0.05, 0) is 19.1 Å². The second-order valence-corrected chi connectivity index (χ2v) is 4.60. The van der Waals surface area contributed by atoms with E-state index in [1.165, 1.54) is 11.0 Å². The Hall–Kier alpha value is -0.736. The maximum Gasteiger partial charge on any atom is 0.225 e. The van der Waals surface area contributed by atoms with E-state index < -0.39 is 5.82 Å². The molecule has 1 amide bonds. The first-order valence-corrected chi connectivity index (χ1v) is 6.35. The van der Waals surface area contributed by atoms with Gasteiger partial charge in [-0.2, -0.15) is 0 Å². The zero-order valence-corrected chi connectivity index (χ0v) is 14.8. The van der Waals surface area contributed by atoms with Gasteiger partial charge < -0.3 is 9.64 Å². The van der Waals surface area contributed by atoms with E-state index in [1.807, 2.05) is 13.8 Å². The van der Waals surface area contributed by atoms with Gasteiger partial charge in [-0.3, -0.25) is 4.79 Å². The molecule has 3 nitrogen and oxygen atoms in total. The average Bonchev–Trinajstić information content (AvgIpc) is 2.38. The summed E-state index contributed by atoms with van der Waals surface area (Å²) in [6, 6.07) is 4.67. The Morgan fingerprint density at radius 1 is 1.50 bits per heavy atom. The summed E-state index contributed by atoms with van der Waals surface area (Å²) in [4.78, 5) is 13.4. The van der Waals surface area contributed by atoms with Crippen molar-refractivity contribution in [3.8, 4) is 5.75 Å². The average molecular weight is 351 g/mol. The van der Waals surface area contributed by atoms with Crippen LogP contribution in [0.3, 0.4) is 0 Å². The van der Waals surface area contributed by atoms with Crippen LogP contribution in [0.15, 0.2) is 18.2 Å². The molecular formula is C15H17FNO2Y-. The minimum absolute atomic E-state index is 0. The summed E-state index contributed by atoms with van der Waals surface area (Å²) in [5.74, 6) is -0.0216. The number of carbonyl (C=O) groups excluding carboxylic acids is 1. The molecule has 0 saturated carbocycles. The van der Waals surface area contributed by atoms with Crippen molar-refractivity contribution in [1.82, 2.24) is 4.90 Å². The first-order valence-electron chi connectivity index (χ1n) is 6.35. The number of ether oxygens (including phenoxy) is 1. The van der Waals surface area contributed by atoms with Gasteiger partial charge in [-0.1, -0.05) is 13.3 Å². The van der Waals surface area contributed by atoms with Crippen LogP contribution in [0.25, 0.3) is 5.70 Å². The van der Waals surface area contributed by atoms with Gasteiger partial charge in [0.1, 0.15) is 5.75 Å². The molecule has 1 aliphatic heterocycles. The Bertz CT molecular complexity index is 531. The Balaban J connectivity index is 0.00000200. The van der Waals surface area contributed by atoms with Crippen molar-refractivity contribution < 1.29 is 46.6 Å². The van der Waals surface area contributed by atoms with Gasteiger partial charge in [0, 0.05) is 45.7 Å². The largest absolute Gasteiger partial charge is 0.494 e. The van der Waals surface area contributed by atoms with Crippen molar-refractivity contribution in [3.63, 3.8) is 0 Å². The molecular weight excluding hydrogens is 334 g/mol. The number of allylic oxidation sites excluding steroid dienone is 1. The Morgan fingerprint density at radius 2 is 2.20 bits per heavy atom. The number of hydrogen-bond acceptors (Lipinski definition) is 2. The molecule has 2 rings (SSSR count). The fourth-order valence-corrected chi connectivity index (χ4v) is 2.12. The van der Waals surface area contributed by atoms with Gasteiger partial charge in [0.2, 0.25) is 5.91 Å². The number of benzene rings is 1. The van der Waals surface area contributed by atoms with Gasteiger partial charge in [0.15, 0.2) is 0 Å². The standard InChI is InChI=1S/C15H17FNO2.Y/c1-4-19-11-6-7-12(13(16)9-11)14-8-5-10(2)15(18)17(14)3;/h6-7,9-10H,4-5H2,1-3H3;/q-1;. The quantitative estimate of drug-likeness (QED) is 0.784. The van der Waals surface area contributed by atoms with E-state index in [-0.39, 0.29) is 44.5 Å². The molecule has 20 heavy (non-hydrogen) atoms. The molecule has 1 aromatic carbocycles. The molecule has 5 heteroatoms. The van der Waals surface area contributed by atoms with E-state index in [1.54, 1.807) is 19.2 Å². The molecule has 1 atom stereocenters. The number of hydrogen-bond donors (Lipinski definition) is 0. The summed E-state index contributed by atoms with van der Waals surface area (Å²) in [7, 11) is 1.65. The van der Waals surface area contributed by atoms with Crippen LogP contribution in [0.1, 0.15) is 25.8 Å². The Labute approximate surface area is 144 Å². The predicted octanol–water partition coefficient (Wildman–Crippen LogP) is 2.86. The van der Waals surface area contributed by atoms with Crippen LogP contribution < -0.4 is 4.74 Å². The summed E-state index contributed by atoms with van der Waals surface area (Å²) < 4.78 is 19.3. The molecule has 0 bridgehead atoms. The van der Waals surface area contributed by atoms with E-state index in [4.69, 9.17) is 4.74 Å². The van der Waals surface area contributed by atoms with Crippen LogP contribution in [0.5, 0.6) is 5.75 Å². The molecule has 0 N–H and O–H groups in total. The maximum absolute atomic E-state index is 14.1. The SMILES string of the molecule is CCOc1ccc(C2=[C-]CC(C)C(=O)N2C)c(F)c1.[Y]. The summed E-state index contributed by atoms with van der Waals surface area (Å²) in [5.41, 5.74) is 0.884. The van der Waals surface area contributed by atoms with Crippen molar-refractivity contribution in [2.45, 2.75) is 20.3 Å². The van der Waals surface area contributed by atoms with E-state index in [9.17, 15) is 9.18 Å². The van der Waals surface area contributed by atoms with Crippen molar-refractivity contribution >= 4 is 11.6 Å². The van der Waals surface area contributed by atoms with Crippen molar-refractivity contribution in [2.24, 2.45) is 5.92 Å². The molecule has 1 heterocycles. The molecule has 1 radical (unpaired) electrons. The van der Waals surface area contributed by atoms with Crippen molar-refractivity contribution in [2.75, 3.05) is 13.7 Å². The summed E-state index contributed by atoms with van der Waals surface area (Å²) in [6.07, 6.45) is 3.62. The van der Waals surface area contributed by atoms with Crippen LogP contribution in [-0.4, -0.2) is 24.5 Å². The smallest absolute Gasteiger partial charge is 0.225 e. The van der Waals surface area contributed by atoms with E-state index >= 15 is 0 Å². The zero-order valence-electron chi connectivity index (χ0n) is 11.9. The minimum atomic E-state index is -0.400. The number of carbonyl (C=O) groups is 1. The molecule has 0 fully saturated rings. The van der Waals surface area contributed by atoms with E-state index in [0.717, 1.165) is 0 Å². The first-order chi connectivity index (χ1) is 9.04. The summed E-state index contributed by atoms with van der Waals surface area (Å²) in [5, 5.41) is 0. The van der Waals surface area contributed by atoms with Crippen molar-refractivity contribution in [1.29, 1.82) is 0 Å². The van der Waals surface area contributed by atoms with Crippen LogP contribution >= 0.6 is 0 Å². The van der Waals surface area contributed by atoms with Crippen LogP contribution in [0, 0.1) is 17.8 Å². The van der Waals surface area contributed by atoms with Crippen LogP contribution in [0.2, 0.25) is 0 Å². The van der Waals surface area contributed by atoms with Gasteiger partial charge in [0.05, 0.1) is 12.4 Å². The van der Waals surface area contributed by atoms with Crippen LogP contribution in [0.4, 0.5) is 4.39 Å². The van der Waals surface area contributed by atoms with Crippen LogP contribution in [-0.2, 0) is 37.5 Å². The molecule has 1 aliphatic rings. The Kier molecular flexibility index (Phi) is 6.34. The topological polar surface area (TPSA) is 29.5 Å². The normalized spacial score (nSPS) is 18.4. The molecule has 1 aromatic rings. The molecule has 1 unspecified atom stereocenters. The fourth-order valence-electron chi connectivity index (χ4n) is 2.12. The van der Waals surface area contributed by atoms with Gasteiger partial charge >= 0.3 is 0 Å². The Morgan fingerprint density at radius 3 is 2.80 bits per heavy atom. The van der Waals surface area contributed by atoms with Crippen molar-refractivity contribution in [3.05, 3.63) is 35.7 Å². The zero-order chi connectivity index (χ0) is 14.0. The van der Waals surface area contributed by atoms with E-state index in [2.05, 4.69) is 6.08 Å². The third-order valence-corrected chi connectivity index (χ3v) is 3.17. The number of rotatable bonds is 3. The molecule has 0 spiro atoms. The number of halogens is 1. The van der Waals surface area contributed by atoms with Gasteiger partial charge in [0.25, 0.3) is 0 Å². The minimum Gasteiger partial charge on any atom is -0.494 e. The third kappa shape index (κ3) is 3.47. The maximum atomic E-state index is 14.1. The molecule has 0 aliphatic carbocycles. The predicted molar refractivity (Wildman–Crippen MR) is 70.8 cm³/mol. The number of amides is 1. The third-order valence-electron chi connectivity index (χ3n) is 3.17. The molecule has 105 valence electrons.